The summed E-state index contributed by atoms with van der Waals surface area (Å²) in [5.74, 6) is -1.22. The number of nitrogens with zero attached hydrogens (tertiary/aromatic N) is 2. The van der Waals surface area contributed by atoms with E-state index < -0.39 is 28.6 Å². The Kier molecular flexibility index (Phi) is 5.67. The van der Waals surface area contributed by atoms with Gasteiger partial charge in [0.1, 0.15) is 11.6 Å². The van der Waals surface area contributed by atoms with E-state index in [0.717, 1.165) is 4.90 Å². The molecule has 1 aromatic rings. The van der Waals surface area contributed by atoms with Crippen molar-refractivity contribution in [3.8, 4) is 0 Å². The number of carbonyl (C=O) groups excluding carboxylic acids is 1. The van der Waals surface area contributed by atoms with Gasteiger partial charge in [-0.25, -0.2) is 9.59 Å². The molecule has 1 atom stereocenters. The van der Waals surface area contributed by atoms with Crippen LogP contribution in [-0.2, 0) is 16.0 Å². The summed E-state index contributed by atoms with van der Waals surface area (Å²) in [5, 5.41) is 20.1. The standard InChI is InChI=1S/C15H20N2O6/c1-15(2,3)23-14(20)16(4)12(13(18)19)9-10-6-5-7-11(8-10)17(21)22/h5-8,12H,9H2,1-4H3,(H,18,19)/t12-/m1/s1. The number of amides is 1. The maximum atomic E-state index is 12.0. The van der Waals surface area contributed by atoms with Crippen molar-refractivity contribution in [2.75, 3.05) is 7.05 Å². The van der Waals surface area contributed by atoms with Gasteiger partial charge in [0.15, 0.2) is 0 Å². The summed E-state index contributed by atoms with van der Waals surface area (Å²) in [5.41, 5.74) is -0.437. The predicted molar refractivity (Wildman–Crippen MR) is 82.2 cm³/mol. The highest BCUT2D eigenvalue weighted by molar-refractivity contribution is 5.80. The Bertz CT molecular complexity index is 608. The molecule has 0 aliphatic carbocycles. The Morgan fingerprint density at radius 3 is 2.48 bits per heavy atom. The summed E-state index contributed by atoms with van der Waals surface area (Å²) < 4.78 is 5.15. The zero-order valence-corrected chi connectivity index (χ0v) is 13.5. The average molecular weight is 324 g/mol. The number of nitro groups is 1. The fourth-order valence-corrected chi connectivity index (χ4v) is 1.87. The number of hydrogen-bond acceptors (Lipinski definition) is 5. The number of benzene rings is 1. The summed E-state index contributed by atoms with van der Waals surface area (Å²) >= 11 is 0. The Balaban J connectivity index is 2.95. The largest absolute Gasteiger partial charge is 0.480 e. The third-order valence-electron chi connectivity index (χ3n) is 2.98. The maximum Gasteiger partial charge on any atom is 0.410 e. The van der Waals surface area contributed by atoms with Crippen LogP contribution in [0.5, 0.6) is 0 Å². The molecular weight excluding hydrogens is 304 g/mol. The lowest BCUT2D eigenvalue weighted by Gasteiger charge is -2.28. The highest BCUT2D eigenvalue weighted by Gasteiger charge is 2.30. The summed E-state index contributed by atoms with van der Waals surface area (Å²) in [6.07, 6.45) is -0.831. The molecule has 1 N–H and O–H groups in total. The molecule has 1 rings (SSSR count). The normalized spacial score (nSPS) is 12.3. The quantitative estimate of drug-likeness (QED) is 0.658. The van der Waals surface area contributed by atoms with Crippen LogP contribution in [0.2, 0.25) is 0 Å². The van der Waals surface area contributed by atoms with Gasteiger partial charge in [0, 0.05) is 25.6 Å². The number of rotatable bonds is 5. The van der Waals surface area contributed by atoms with Gasteiger partial charge in [-0.2, -0.15) is 0 Å². The first-order valence-electron chi connectivity index (χ1n) is 6.93. The van der Waals surface area contributed by atoms with Crippen LogP contribution in [0.4, 0.5) is 10.5 Å². The first-order chi connectivity index (χ1) is 10.5. The van der Waals surface area contributed by atoms with Crippen LogP contribution in [0, 0.1) is 10.1 Å². The van der Waals surface area contributed by atoms with E-state index >= 15 is 0 Å². The summed E-state index contributed by atoms with van der Waals surface area (Å²) in [4.78, 5) is 34.6. The van der Waals surface area contributed by atoms with Crippen LogP contribution in [-0.4, -0.2) is 45.7 Å². The molecule has 8 heteroatoms. The van der Waals surface area contributed by atoms with E-state index in [1.54, 1.807) is 26.8 Å². The fraction of sp³-hybridized carbons (Fsp3) is 0.467. The highest BCUT2D eigenvalue weighted by Crippen LogP contribution is 2.17. The van der Waals surface area contributed by atoms with Crippen molar-refractivity contribution in [3.63, 3.8) is 0 Å². The first-order valence-corrected chi connectivity index (χ1v) is 6.93. The molecule has 0 fully saturated rings. The highest BCUT2D eigenvalue weighted by atomic mass is 16.6. The van der Waals surface area contributed by atoms with Crippen molar-refractivity contribution in [1.29, 1.82) is 0 Å². The lowest BCUT2D eigenvalue weighted by molar-refractivity contribution is -0.384. The van der Waals surface area contributed by atoms with E-state index in [1.807, 2.05) is 0 Å². The SMILES string of the molecule is CN(C(=O)OC(C)(C)C)[C@H](Cc1cccc([N+](=O)[O-])c1)C(=O)O. The lowest BCUT2D eigenvalue weighted by Crippen LogP contribution is -2.46. The van der Waals surface area contributed by atoms with E-state index in [0.29, 0.717) is 5.56 Å². The molecule has 0 spiro atoms. The van der Waals surface area contributed by atoms with Crippen LogP contribution in [0.1, 0.15) is 26.3 Å². The van der Waals surface area contributed by atoms with Crippen molar-refractivity contribution in [1.82, 2.24) is 4.90 Å². The Morgan fingerprint density at radius 2 is 2.00 bits per heavy atom. The zero-order valence-electron chi connectivity index (χ0n) is 13.5. The van der Waals surface area contributed by atoms with Crippen LogP contribution in [0.25, 0.3) is 0 Å². The number of likely N-dealkylation sites (N-methyl/N-ethyl adjacent to an activating group) is 1. The third kappa shape index (κ3) is 5.57. The van der Waals surface area contributed by atoms with Gasteiger partial charge in [0.25, 0.3) is 5.69 Å². The molecule has 0 aliphatic rings. The molecule has 0 saturated carbocycles. The molecular formula is C15H20N2O6. The van der Waals surface area contributed by atoms with Gasteiger partial charge in [-0.1, -0.05) is 12.1 Å². The number of hydrogen-bond donors (Lipinski definition) is 1. The number of nitro benzene ring substituents is 1. The van der Waals surface area contributed by atoms with Crippen molar-refractivity contribution < 1.29 is 24.4 Å². The van der Waals surface area contributed by atoms with Gasteiger partial charge in [-0.05, 0) is 26.3 Å². The topological polar surface area (TPSA) is 110 Å². The second kappa shape index (κ2) is 7.08. The number of carboxylic acids is 1. The fourth-order valence-electron chi connectivity index (χ4n) is 1.87. The molecule has 8 nitrogen and oxygen atoms in total. The van der Waals surface area contributed by atoms with Gasteiger partial charge in [0.05, 0.1) is 4.92 Å². The summed E-state index contributed by atoms with van der Waals surface area (Å²) in [6.45, 7) is 5.03. The lowest BCUT2D eigenvalue weighted by atomic mass is 10.0. The van der Waals surface area contributed by atoms with E-state index in [2.05, 4.69) is 0 Å². The first kappa shape index (κ1) is 18.4. The number of ether oxygens (including phenoxy) is 1. The molecule has 0 aromatic heterocycles. The zero-order chi connectivity index (χ0) is 17.8. The van der Waals surface area contributed by atoms with Gasteiger partial charge >= 0.3 is 12.1 Å². The molecule has 0 saturated heterocycles. The second-order valence-corrected chi connectivity index (χ2v) is 6.08. The number of non-ortho nitro benzene ring substituents is 1. The van der Waals surface area contributed by atoms with Gasteiger partial charge < -0.3 is 9.84 Å². The van der Waals surface area contributed by atoms with E-state index in [4.69, 9.17) is 4.74 Å². The van der Waals surface area contributed by atoms with E-state index in [-0.39, 0.29) is 12.1 Å². The van der Waals surface area contributed by atoms with Gasteiger partial charge in [-0.15, -0.1) is 0 Å². The Hall–Kier alpha value is -2.64. The summed E-state index contributed by atoms with van der Waals surface area (Å²) in [6, 6.07) is 4.47. The number of carbonyl (C=O) groups is 2. The van der Waals surface area contributed by atoms with Crippen molar-refractivity contribution >= 4 is 17.7 Å². The third-order valence-corrected chi connectivity index (χ3v) is 2.98. The molecule has 0 bridgehead atoms. The molecule has 126 valence electrons. The van der Waals surface area contributed by atoms with Crippen molar-refractivity contribution in [3.05, 3.63) is 39.9 Å². The predicted octanol–water partition coefficient (Wildman–Crippen LogP) is 2.46. The molecule has 0 aliphatic heterocycles. The number of aliphatic carboxylic acids is 1. The average Bonchev–Trinajstić information content (AvgIpc) is 2.42. The Labute approximate surface area is 133 Å². The minimum Gasteiger partial charge on any atom is -0.480 e. The Morgan fingerprint density at radius 1 is 1.39 bits per heavy atom. The second-order valence-electron chi connectivity index (χ2n) is 6.08. The molecule has 1 aromatic carbocycles. The minimum absolute atomic E-state index is 0.0627. The van der Waals surface area contributed by atoms with Crippen LogP contribution in [0.15, 0.2) is 24.3 Å². The molecule has 0 unspecified atom stereocenters. The molecule has 0 heterocycles. The minimum atomic E-state index is -1.22. The van der Waals surface area contributed by atoms with Crippen molar-refractivity contribution in [2.24, 2.45) is 0 Å². The smallest absolute Gasteiger partial charge is 0.410 e. The van der Waals surface area contributed by atoms with Crippen LogP contribution < -0.4 is 0 Å². The number of carboxylic acid groups (broad SMARTS) is 1. The van der Waals surface area contributed by atoms with Crippen molar-refractivity contribution in [2.45, 2.75) is 38.8 Å². The molecule has 1 amide bonds. The van der Waals surface area contributed by atoms with Crippen LogP contribution >= 0.6 is 0 Å². The van der Waals surface area contributed by atoms with E-state index in [1.165, 1.54) is 25.2 Å². The molecule has 0 radical (unpaired) electrons. The van der Waals surface area contributed by atoms with Gasteiger partial charge in [-0.3, -0.25) is 15.0 Å². The molecule has 23 heavy (non-hydrogen) atoms. The monoisotopic (exact) mass is 324 g/mol. The van der Waals surface area contributed by atoms with Crippen LogP contribution in [0.3, 0.4) is 0 Å². The summed E-state index contributed by atoms with van der Waals surface area (Å²) in [7, 11) is 1.32. The van der Waals surface area contributed by atoms with Gasteiger partial charge in [0.2, 0.25) is 0 Å². The maximum absolute atomic E-state index is 12.0. The van der Waals surface area contributed by atoms with E-state index in [9.17, 15) is 24.8 Å².